The minimum Gasteiger partial charge on any atom is -0.300 e. The summed E-state index contributed by atoms with van der Waals surface area (Å²) < 4.78 is 0. The molecule has 0 radical (unpaired) electrons. The van der Waals surface area contributed by atoms with E-state index in [1.807, 2.05) is 0 Å². The summed E-state index contributed by atoms with van der Waals surface area (Å²) in [5.41, 5.74) is 0. The molecular formula is C13H22O2. The van der Waals surface area contributed by atoms with E-state index in [4.69, 9.17) is 0 Å². The van der Waals surface area contributed by atoms with Gasteiger partial charge in [-0.15, -0.1) is 0 Å². The van der Waals surface area contributed by atoms with Gasteiger partial charge in [-0.25, -0.2) is 0 Å². The lowest BCUT2D eigenvalue weighted by Crippen LogP contribution is -2.27. The fourth-order valence-corrected chi connectivity index (χ4v) is 2.41. The first kappa shape index (κ1) is 12.4. The van der Waals surface area contributed by atoms with Crippen LogP contribution in [0, 0.1) is 17.8 Å². The van der Waals surface area contributed by atoms with Crippen LogP contribution in [0.25, 0.3) is 0 Å². The van der Waals surface area contributed by atoms with Crippen LogP contribution in [-0.4, -0.2) is 11.6 Å². The molecule has 0 N–H and O–H groups in total. The first-order valence-electron chi connectivity index (χ1n) is 6.03. The highest BCUT2D eigenvalue weighted by molar-refractivity contribution is 5.83. The number of hydrogen-bond acceptors (Lipinski definition) is 2. The van der Waals surface area contributed by atoms with Crippen LogP contribution in [-0.2, 0) is 9.59 Å². The number of hydrogen-bond donors (Lipinski definition) is 0. The molecule has 1 saturated carbocycles. The third-order valence-corrected chi connectivity index (χ3v) is 3.59. The Labute approximate surface area is 92.4 Å². The van der Waals surface area contributed by atoms with Crippen molar-refractivity contribution in [2.45, 2.75) is 52.9 Å². The normalized spacial score (nSPS) is 27.1. The molecule has 2 atom stereocenters. The van der Waals surface area contributed by atoms with Crippen molar-refractivity contribution in [3.8, 4) is 0 Å². The van der Waals surface area contributed by atoms with Gasteiger partial charge in [0.25, 0.3) is 0 Å². The van der Waals surface area contributed by atoms with Crippen LogP contribution in [0.15, 0.2) is 0 Å². The molecule has 86 valence electrons. The smallest absolute Gasteiger partial charge is 0.136 e. The molecule has 0 amide bonds. The molecular weight excluding hydrogens is 188 g/mol. The van der Waals surface area contributed by atoms with Crippen LogP contribution in [0.3, 0.4) is 0 Å². The molecule has 0 aromatic heterocycles. The predicted octanol–water partition coefficient (Wildman–Crippen LogP) is 3.00. The highest BCUT2D eigenvalue weighted by Gasteiger charge is 2.29. The first-order valence-corrected chi connectivity index (χ1v) is 6.03. The molecule has 0 bridgehead atoms. The highest BCUT2D eigenvalue weighted by atomic mass is 16.1. The van der Waals surface area contributed by atoms with E-state index >= 15 is 0 Å². The summed E-state index contributed by atoms with van der Waals surface area (Å²) in [7, 11) is 0. The van der Waals surface area contributed by atoms with Gasteiger partial charge in [-0.2, -0.15) is 0 Å². The van der Waals surface area contributed by atoms with Crippen molar-refractivity contribution in [1.29, 1.82) is 0 Å². The van der Waals surface area contributed by atoms with Crippen molar-refractivity contribution in [3.05, 3.63) is 0 Å². The molecule has 1 fully saturated rings. The van der Waals surface area contributed by atoms with Crippen LogP contribution in [0.2, 0.25) is 0 Å². The van der Waals surface area contributed by atoms with E-state index in [0.717, 1.165) is 25.7 Å². The molecule has 0 spiro atoms. The van der Waals surface area contributed by atoms with Crippen molar-refractivity contribution in [2.75, 3.05) is 0 Å². The maximum Gasteiger partial charge on any atom is 0.136 e. The van der Waals surface area contributed by atoms with E-state index in [-0.39, 0.29) is 11.7 Å². The van der Waals surface area contributed by atoms with Gasteiger partial charge in [0.2, 0.25) is 0 Å². The number of carbonyl (C=O) groups excluding carboxylic acids is 2. The molecule has 1 rings (SSSR count). The Kier molecular flexibility index (Phi) is 4.49. The summed E-state index contributed by atoms with van der Waals surface area (Å²) in [6.07, 6.45) is 4.13. The summed E-state index contributed by atoms with van der Waals surface area (Å²) >= 11 is 0. The van der Waals surface area contributed by atoms with Gasteiger partial charge in [0, 0.05) is 18.8 Å². The minimum absolute atomic E-state index is 0.162. The lowest BCUT2D eigenvalue weighted by Gasteiger charge is -2.30. The van der Waals surface area contributed by atoms with Gasteiger partial charge >= 0.3 is 0 Å². The molecule has 0 aliphatic heterocycles. The molecule has 15 heavy (non-hydrogen) atoms. The van der Waals surface area contributed by atoms with Crippen molar-refractivity contribution < 1.29 is 9.59 Å². The second kappa shape index (κ2) is 5.43. The van der Waals surface area contributed by atoms with Crippen molar-refractivity contribution in [3.63, 3.8) is 0 Å². The second-order valence-corrected chi connectivity index (χ2v) is 5.18. The zero-order chi connectivity index (χ0) is 11.4. The summed E-state index contributed by atoms with van der Waals surface area (Å²) in [5, 5.41) is 0. The van der Waals surface area contributed by atoms with E-state index in [0.29, 0.717) is 24.0 Å². The minimum atomic E-state index is 0.162. The van der Waals surface area contributed by atoms with Crippen LogP contribution in [0.5, 0.6) is 0 Å². The Morgan fingerprint density at radius 3 is 2.67 bits per heavy atom. The first-order chi connectivity index (χ1) is 7.00. The Balaban J connectivity index is 2.46. The zero-order valence-corrected chi connectivity index (χ0v) is 10.1. The molecule has 0 saturated heterocycles. The molecule has 2 nitrogen and oxygen atoms in total. The quantitative estimate of drug-likeness (QED) is 0.714. The molecule has 1 aliphatic carbocycles. The van der Waals surface area contributed by atoms with E-state index in [2.05, 4.69) is 13.8 Å². The number of ketones is 2. The number of rotatable bonds is 4. The average Bonchev–Trinajstić information content (AvgIpc) is 2.16. The van der Waals surface area contributed by atoms with Crippen LogP contribution in [0.1, 0.15) is 52.9 Å². The topological polar surface area (TPSA) is 34.1 Å². The Morgan fingerprint density at radius 1 is 1.47 bits per heavy atom. The maximum absolute atomic E-state index is 11.7. The molecule has 0 heterocycles. The third-order valence-electron chi connectivity index (χ3n) is 3.59. The molecule has 2 heteroatoms. The second-order valence-electron chi connectivity index (χ2n) is 5.18. The Morgan fingerprint density at radius 2 is 2.13 bits per heavy atom. The van der Waals surface area contributed by atoms with Gasteiger partial charge in [-0.3, -0.25) is 4.79 Å². The SMILES string of the molecule is CC(=O)CCC1CC(C(C)C)CCC1=O. The summed E-state index contributed by atoms with van der Waals surface area (Å²) in [5.74, 6) is 2.09. The van der Waals surface area contributed by atoms with E-state index in [1.165, 1.54) is 0 Å². The van der Waals surface area contributed by atoms with Gasteiger partial charge in [0.05, 0.1) is 0 Å². The standard InChI is InChI=1S/C13H22O2/c1-9(2)11-6-7-13(15)12(8-11)5-4-10(3)14/h9,11-12H,4-8H2,1-3H3. The van der Waals surface area contributed by atoms with Crippen molar-refractivity contribution >= 4 is 11.6 Å². The average molecular weight is 210 g/mol. The molecule has 0 aromatic carbocycles. The van der Waals surface area contributed by atoms with Gasteiger partial charge in [-0.1, -0.05) is 13.8 Å². The summed E-state index contributed by atoms with van der Waals surface area (Å²) in [6, 6.07) is 0. The fourth-order valence-electron chi connectivity index (χ4n) is 2.41. The Bertz CT molecular complexity index is 243. The number of Topliss-reactive ketones (excluding diaryl/α,β-unsaturated/α-hetero) is 2. The summed E-state index contributed by atoms with van der Waals surface area (Å²) in [6.45, 7) is 6.05. The van der Waals surface area contributed by atoms with Gasteiger partial charge in [-0.05, 0) is 38.0 Å². The van der Waals surface area contributed by atoms with Gasteiger partial charge in [0.15, 0.2) is 0 Å². The summed E-state index contributed by atoms with van der Waals surface area (Å²) in [4.78, 5) is 22.6. The highest BCUT2D eigenvalue weighted by Crippen LogP contribution is 2.33. The third kappa shape index (κ3) is 3.77. The van der Waals surface area contributed by atoms with Gasteiger partial charge < -0.3 is 4.79 Å². The maximum atomic E-state index is 11.7. The van der Waals surface area contributed by atoms with E-state index < -0.39 is 0 Å². The van der Waals surface area contributed by atoms with Crippen LogP contribution >= 0.6 is 0 Å². The zero-order valence-electron chi connectivity index (χ0n) is 10.1. The Hall–Kier alpha value is -0.660. The van der Waals surface area contributed by atoms with E-state index in [1.54, 1.807) is 6.92 Å². The number of carbonyl (C=O) groups is 2. The predicted molar refractivity (Wildman–Crippen MR) is 60.6 cm³/mol. The lowest BCUT2D eigenvalue weighted by molar-refractivity contribution is -0.126. The van der Waals surface area contributed by atoms with Crippen molar-refractivity contribution in [2.24, 2.45) is 17.8 Å². The molecule has 0 aromatic rings. The van der Waals surface area contributed by atoms with Crippen LogP contribution in [0.4, 0.5) is 0 Å². The fraction of sp³-hybridized carbons (Fsp3) is 0.846. The van der Waals surface area contributed by atoms with Gasteiger partial charge in [0.1, 0.15) is 11.6 Å². The van der Waals surface area contributed by atoms with E-state index in [9.17, 15) is 9.59 Å². The monoisotopic (exact) mass is 210 g/mol. The molecule has 1 aliphatic rings. The van der Waals surface area contributed by atoms with Crippen LogP contribution < -0.4 is 0 Å². The largest absolute Gasteiger partial charge is 0.300 e. The molecule has 2 unspecified atom stereocenters. The lowest BCUT2D eigenvalue weighted by atomic mass is 9.74. The van der Waals surface area contributed by atoms with Crippen molar-refractivity contribution in [1.82, 2.24) is 0 Å².